The van der Waals surface area contributed by atoms with E-state index in [4.69, 9.17) is 9.47 Å². The van der Waals surface area contributed by atoms with Crippen LogP contribution in [0.4, 0.5) is 10.5 Å². The number of phenols is 1. The summed E-state index contributed by atoms with van der Waals surface area (Å²) in [6.07, 6.45) is 8.09. The average Bonchev–Trinajstić information content (AvgIpc) is 3.95. The number of piperidine rings is 1. The van der Waals surface area contributed by atoms with Crippen LogP contribution in [0.15, 0.2) is 84.9 Å². The third-order valence-electron chi connectivity index (χ3n) is 13.5. The fraction of sp³-hybridized carbons (Fsp3) is 0.438. The third-order valence-corrected chi connectivity index (χ3v) is 14.4. The van der Waals surface area contributed by atoms with Gasteiger partial charge < -0.3 is 29.7 Å². The van der Waals surface area contributed by atoms with E-state index in [1.165, 1.54) is 58.1 Å². The van der Waals surface area contributed by atoms with E-state index in [1.807, 2.05) is 18.2 Å². The molecule has 6 aliphatic heterocycles. The minimum Gasteiger partial charge on any atom is -0.508 e. The lowest BCUT2D eigenvalue weighted by atomic mass is 9.69. The van der Waals surface area contributed by atoms with Gasteiger partial charge in [0.15, 0.2) is 0 Å². The van der Waals surface area contributed by atoms with Gasteiger partial charge >= 0.3 is 0 Å². The largest absolute Gasteiger partial charge is 0.508 e. The molecular formula is C48H54N4O6S. The molecule has 308 valence electrons. The van der Waals surface area contributed by atoms with Gasteiger partial charge in [0, 0.05) is 72.1 Å². The molecule has 0 bridgehead atoms. The average molecular weight is 815 g/mol. The van der Waals surface area contributed by atoms with Gasteiger partial charge in [-0.2, -0.15) is 0 Å². The summed E-state index contributed by atoms with van der Waals surface area (Å²) in [6.45, 7) is 6.60. The zero-order chi connectivity index (χ0) is 40.6. The van der Waals surface area contributed by atoms with E-state index in [-0.39, 0.29) is 28.1 Å². The summed E-state index contributed by atoms with van der Waals surface area (Å²) in [4.78, 5) is 37.6. The fourth-order valence-electron chi connectivity index (χ4n) is 10.2. The van der Waals surface area contributed by atoms with E-state index in [0.29, 0.717) is 30.6 Å². The molecular weight excluding hydrogens is 761 g/mol. The first-order chi connectivity index (χ1) is 28.7. The lowest BCUT2D eigenvalue weighted by Gasteiger charge is -2.48. The first-order valence-electron chi connectivity index (χ1n) is 21.3. The zero-order valence-electron chi connectivity index (χ0n) is 33.8. The molecule has 4 aromatic carbocycles. The number of phenolic OH excluding ortho intramolecular Hbond substituents is 1. The van der Waals surface area contributed by atoms with Crippen LogP contribution < -0.4 is 20.3 Å². The highest BCUT2D eigenvalue weighted by Crippen LogP contribution is 2.49. The number of nitrogens with one attached hydrogen (secondary N) is 2. The van der Waals surface area contributed by atoms with E-state index in [2.05, 4.69) is 94.2 Å². The van der Waals surface area contributed by atoms with Gasteiger partial charge in [-0.05, 0) is 124 Å². The quantitative estimate of drug-likeness (QED) is 0.192. The summed E-state index contributed by atoms with van der Waals surface area (Å²) in [5.41, 5.74) is 10.2. The highest BCUT2D eigenvalue weighted by atomic mass is 32.2. The van der Waals surface area contributed by atoms with Crippen LogP contribution in [-0.2, 0) is 27.9 Å². The highest BCUT2D eigenvalue weighted by molar-refractivity contribution is 8.13. The molecule has 0 radical (unpaired) electrons. The molecule has 2 unspecified atom stereocenters. The smallest absolute Gasteiger partial charge is 0.285 e. The lowest BCUT2D eigenvalue weighted by molar-refractivity contribution is -0.119. The number of aromatic hydroxyl groups is 1. The number of benzene rings is 4. The van der Waals surface area contributed by atoms with E-state index in [0.717, 1.165) is 94.1 Å². The summed E-state index contributed by atoms with van der Waals surface area (Å²) in [6, 6.07) is 30.1. The van der Waals surface area contributed by atoms with Crippen molar-refractivity contribution in [3.63, 3.8) is 0 Å². The third kappa shape index (κ3) is 8.09. The van der Waals surface area contributed by atoms with Crippen LogP contribution in [-0.4, -0.2) is 84.9 Å². The van der Waals surface area contributed by atoms with Crippen LogP contribution in [0.2, 0.25) is 0 Å². The number of hydrogen-bond donors (Lipinski definition) is 3. The van der Waals surface area contributed by atoms with Crippen molar-refractivity contribution in [1.29, 1.82) is 0 Å². The van der Waals surface area contributed by atoms with Gasteiger partial charge in [0.2, 0.25) is 5.91 Å². The molecule has 4 saturated heterocycles. The molecule has 6 heterocycles. The summed E-state index contributed by atoms with van der Waals surface area (Å²) in [7, 11) is 2.18. The number of anilines is 1. The highest BCUT2D eigenvalue weighted by Gasteiger charge is 2.47. The number of imide groups is 1. The molecule has 7 aliphatic rings. The van der Waals surface area contributed by atoms with Gasteiger partial charge in [0.05, 0.1) is 6.61 Å². The molecule has 11 rings (SSSR count). The number of carbonyl (C=O) groups is 3. The van der Waals surface area contributed by atoms with Crippen molar-refractivity contribution in [2.75, 3.05) is 57.1 Å². The summed E-state index contributed by atoms with van der Waals surface area (Å²) >= 11 is 1.17. The first kappa shape index (κ1) is 39.6. The normalized spacial score (nSPS) is 23.5. The van der Waals surface area contributed by atoms with Crippen molar-refractivity contribution < 1.29 is 29.0 Å². The van der Waals surface area contributed by atoms with E-state index in [1.54, 1.807) is 0 Å². The van der Waals surface area contributed by atoms with Gasteiger partial charge in [-0.1, -0.05) is 66.4 Å². The zero-order valence-corrected chi connectivity index (χ0v) is 34.7. The Labute approximate surface area is 351 Å². The fourth-order valence-corrected chi connectivity index (χ4v) is 10.9. The molecule has 3 amide bonds. The number of nitrogens with zero attached hydrogens (tertiary/aromatic N) is 2. The van der Waals surface area contributed by atoms with Gasteiger partial charge in [0.1, 0.15) is 17.1 Å². The van der Waals surface area contributed by atoms with Gasteiger partial charge in [-0.25, -0.2) is 0 Å². The number of fused-ring (bicyclic) bond motifs is 5. The van der Waals surface area contributed by atoms with Crippen LogP contribution in [0.3, 0.4) is 0 Å². The summed E-state index contributed by atoms with van der Waals surface area (Å²) in [5, 5.41) is 14.9. The number of hydrogen-bond acceptors (Lipinski definition) is 9. The number of likely N-dealkylation sites (tertiary alicyclic amines) is 1. The molecule has 11 heteroatoms. The van der Waals surface area contributed by atoms with E-state index >= 15 is 0 Å². The van der Waals surface area contributed by atoms with Crippen molar-refractivity contribution in [3.05, 3.63) is 124 Å². The topological polar surface area (TPSA) is 120 Å². The Hall–Kier alpha value is -4.84. The standard InChI is InChI=1S/C28H29NO2.C15H18N2O2.C5H7NO2S/c30-24-12-14-26-22(17-24)9-13-25(20-5-2-1-3-6-20)27(26)21-7-10-23(11-8-21)29-18-28(19-29)15-4-16-31-28;1-17-6-4-15(5-7-17)9-19-13-11-8-16-14(18)10(11)2-3-12(13)15;7-4-2-1-3-9-5(8)6-4/h1-3,5-8,10-12,14,17,25,27,30H,4,9,13,15-16,18-19H2;2-3H,4-9H2,1H3,(H,16,18);1-3H2,(H,6,7,8). The maximum Gasteiger partial charge on any atom is 0.285 e. The second-order valence-corrected chi connectivity index (χ2v) is 18.4. The van der Waals surface area contributed by atoms with Crippen molar-refractivity contribution in [1.82, 2.24) is 15.5 Å². The molecule has 59 heavy (non-hydrogen) atoms. The molecule has 1 aliphatic carbocycles. The number of aryl methyl sites for hydroxylation is 1. The van der Waals surface area contributed by atoms with Crippen molar-refractivity contribution in [2.24, 2.45) is 0 Å². The predicted octanol–water partition coefficient (Wildman–Crippen LogP) is 7.66. The minimum atomic E-state index is -0.211. The summed E-state index contributed by atoms with van der Waals surface area (Å²) in [5.74, 6) is 2.75. The van der Waals surface area contributed by atoms with E-state index in [9.17, 15) is 19.5 Å². The number of carbonyl (C=O) groups excluding carboxylic acids is 3. The van der Waals surface area contributed by atoms with Crippen LogP contribution in [0.1, 0.15) is 101 Å². The molecule has 4 aromatic rings. The van der Waals surface area contributed by atoms with Crippen LogP contribution in [0, 0.1) is 0 Å². The molecule has 10 nitrogen and oxygen atoms in total. The molecule has 3 N–H and O–H groups in total. The SMILES string of the molecule is CN1CCC2(CC1)COc1c2ccc2c1CNC2=O.O=C1CCCSC(=O)N1.Oc1ccc2c(c1)CCC(c1ccccc1)C2c1ccc(N2CC3(CCCO3)C2)cc1. The Balaban J connectivity index is 0.000000135. The monoisotopic (exact) mass is 814 g/mol. The predicted molar refractivity (Wildman–Crippen MR) is 231 cm³/mol. The van der Waals surface area contributed by atoms with Crippen LogP contribution >= 0.6 is 11.8 Å². The maximum atomic E-state index is 11.7. The Morgan fingerprint density at radius 1 is 0.864 bits per heavy atom. The van der Waals surface area contributed by atoms with Crippen molar-refractivity contribution >= 4 is 34.5 Å². The number of ether oxygens (including phenoxy) is 2. The second kappa shape index (κ2) is 16.7. The Morgan fingerprint density at radius 3 is 2.42 bits per heavy atom. The van der Waals surface area contributed by atoms with Crippen LogP contribution in [0.25, 0.3) is 0 Å². The Kier molecular flexibility index (Phi) is 11.2. The van der Waals surface area contributed by atoms with Crippen molar-refractivity contribution in [3.8, 4) is 11.5 Å². The first-order valence-corrected chi connectivity index (χ1v) is 22.3. The lowest BCUT2D eigenvalue weighted by Crippen LogP contribution is -2.61. The number of thioether (sulfide) groups is 1. The van der Waals surface area contributed by atoms with Gasteiger partial charge in [-0.3, -0.25) is 19.7 Å². The second-order valence-electron chi connectivity index (χ2n) is 17.3. The summed E-state index contributed by atoms with van der Waals surface area (Å²) < 4.78 is 12.0. The van der Waals surface area contributed by atoms with Crippen molar-refractivity contribution in [2.45, 2.75) is 80.8 Å². The molecule has 0 saturated carbocycles. The Bertz CT molecular complexity index is 2180. The number of rotatable bonds is 3. The van der Waals surface area contributed by atoms with E-state index < -0.39 is 0 Å². The Morgan fingerprint density at radius 2 is 1.66 bits per heavy atom. The molecule has 0 aromatic heterocycles. The van der Waals surface area contributed by atoms with Gasteiger partial charge in [0.25, 0.3) is 11.1 Å². The minimum absolute atomic E-state index is 0.0331. The molecule has 2 atom stereocenters. The number of amides is 3. The maximum absolute atomic E-state index is 11.7. The molecule has 2 spiro atoms. The molecule has 4 fully saturated rings. The van der Waals surface area contributed by atoms with Crippen LogP contribution in [0.5, 0.6) is 11.5 Å². The van der Waals surface area contributed by atoms with Gasteiger partial charge in [-0.15, -0.1) is 0 Å².